The summed E-state index contributed by atoms with van der Waals surface area (Å²) in [6, 6.07) is 24.1. The van der Waals surface area contributed by atoms with E-state index >= 15 is 17.6 Å². The average Bonchev–Trinajstić information content (AvgIpc) is 3.04. The number of rotatable bonds is 8. The number of benzene rings is 5. The lowest BCUT2D eigenvalue weighted by atomic mass is 10.0. The highest BCUT2D eigenvalue weighted by Gasteiger charge is 2.31. The lowest BCUT2D eigenvalue weighted by Crippen LogP contribution is -2.22. The topological polar surface area (TPSA) is 59.1 Å². The summed E-state index contributed by atoms with van der Waals surface area (Å²) in [6.07, 6.45) is 0. The Kier molecular flexibility index (Phi) is 8.61. The van der Waals surface area contributed by atoms with E-state index in [0.717, 1.165) is 48.3 Å². The minimum Gasteiger partial charge on any atom is -0.465 e. The number of hydrogen-bond donors (Lipinski definition) is 0. The lowest BCUT2D eigenvalue weighted by molar-refractivity contribution is 0.0588. The van der Waals surface area contributed by atoms with Crippen LogP contribution in [0.15, 0.2) is 109 Å². The Balaban J connectivity index is 1.92. The minimum absolute atomic E-state index is 0.161. The van der Waals surface area contributed by atoms with Crippen LogP contribution in [-0.4, -0.2) is 26.2 Å². The van der Waals surface area contributed by atoms with Crippen molar-refractivity contribution in [2.45, 2.75) is 0 Å². The van der Waals surface area contributed by atoms with E-state index in [1.165, 1.54) is 84.9 Å². The molecule has 0 atom stereocenters. The normalized spacial score (nSPS) is 10.7. The lowest BCUT2D eigenvalue weighted by Gasteiger charge is -2.31. The number of hydrogen-bond acceptors (Lipinski definition) is 6. The molecule has 0 bridgehead atoms. The van der Waals surface area contributed by atoms with E-state index in [4.69, 9.17) is 9.47 Å². The highest BCUT2D eigenvalue weighted by molar-refractivity contribution is 6.07. The molecule has 0 radical (unpaired) electrons. The minimum atomic E-state index is -0.961. The third kappa shape index (κ3) is 5.57. The fraction of sp³-hybridized carbons (Fsp3) is 0.0588. The number of carbonyl (C=O) groups excluding carboxylic acids is 2. The van der Waals surface area contributed by atoms with Gasteiger partial charge in [0.2, 0.25) is 0 Å². The van der Waals surface area contributed by atoms with Crippen molar-refractivity contribution in [1.29, 1.82) is 0 Å². The third-order valence-electron chi connectivity index (χ3n) is 6.78. The van der Waals surface area contributed by atoms with Gasteiger partial charge >= 0.3 is 11.9 Å². The standard InChI is InChI=1S/C34H24F4N2O4/c1-43-33(41)21-19-32(40(29-17-9-5-13-25(29)37)30-18-10-6-14-26(30)38)22(34(42)44-2)20-31(21)39(27-15-7-3-11-23(27)35)28-16-8-4-12-24(28)36/h3-20H,1-2H3. The van der Waals surface area contributed by atoms with E-state index in [1.54, 1.807) is 0 Å². The molecule has 5 rings (SSSR count). The zero-order valence-electron chi connectivity index (χ0n) is 23.4. The van der Waals surface area contributed by atoms with Gasteiger partial charge < -0.3 is 19.3 Å². The molecule has 10 heteroatoms. The van der Waals surface area contributed by atoms with Crippen LogP contribution in [0.4, 0.5) is 51.7 Å². The maximum absolute atomic E-state index is 15.4. The summed E-state index contributed by atoms with van der Waals surface area (Å²) in [4.78, 5) is 29.0. The first kappa shape index (κ1) is 29.8. The maximum atomic E-state index is 15.4. The highest BCUT2D eigenvalue weighted by Crippen LogP contribution is 2.45. The number of halogens is 4. The molecule has 0 aliphatic carbocycles. The van der Waals surface area contributed by atoms with Gasteiger partial charge in [-0.15, -0.1) is 0 Å². The summed E-state index contributed by atoms with van der Waals surface area (Å²) in [5.74, 6) is -5.00. The first-order valence-corrected chi connectivity index (χ1v) is 13.2. The number of carbonyl (C=O) groups is 2. The zero-order chi connectivity index (χ0) is 31.4. The Morgan fingerprint density at radius 1 is 0.455 bits per heavy atom. The van der Waals surface area contributed by atoms with E-state index in [-0.39, 0.29) is 45.3 Å². The van der Waals surface area contributed by atoms with Crippen LogP contribution < -0.4 is 9.80 Å². The van der Waals surface area contributed by atoms with Crippen LogP contribution >= 0.6 is 0 Å². The van der Waals surface area contributed by atoms with Crippen molar-refractivity contribution in [3.05, 3.63) is 144 Å². The van der Waals surface area contributed by atoms with Crippen molar-refractivity contribution in [2.24, 2.45) is 0 Å². The molecule has 0 fully saturated rings. The van der Waals surface area contributed by atoms with Gasteiger partial charge in [0.05, 0.1) is 59.5 Å². The van der Waals surface area contributed by atoms with Gasteiger partial charge in [-0.1, -0.05) is 48.5 Å². The van der Waals surface area contributed by atoms with Crippen molar-refractivity contribution in [3.8, 4) is 0 Å². The summed E-state index contributed by atoms with van der Waals surface area (Å²) < 4.78 is 71.5. The van der Waals surface area contributed by atoms with Crippen LogP contribution in [0.1, 0.15) is 20.7 Å². The first-order valence-electron chi connectivity index (χ1n) is 13.2. The van der Waals surface area contributed by atoms with Crippen molar-refractivity contribution in [2.75, 3.05) is 24.0 Å². The van der Waals surface area contributed by atoms with Crippen LogP contribution in [0.2, 0.25) is 0 Å². The van der Waals surface area contributed by atoms with Crippen LogP contribution in [0.3, 0.4) is 0 Å². The molecule has 0 amide bonds. The molecule has 0 spiro atoms. The Hall–Kier alpha value is -5.64. The van der Waals surface area contributed by atoms with Crippen molar-refractivity contribution in [1.82, 2.24) is 0 Å². The number of nitrogens with zero attached hydrogens (tertiary/aromatic N) is 2. The van der Waals surface area contributed by atoms with Crippen molar-refractivity contribution >= 4 is 46.1 Å². The summed E-state index contributed by atoms with van der Waals surface area (Å²) in [5.41, 5.74) is -1.54. The van der Waals surface area contributed by atoms with Crippen molar-refractivity contribution < 1.29 is 36.6 Å². The summed E-state index contributed by atoms with van der Waals surface area (Å²) in [6.45, 7) is 0. The highest BCUT2D eigenvalue weighted by atomic mass is 19.1. The van der Waals surface area contributed by atoms with Crippen LogP contribution in [0, 0.1) is 23.3 Å². The molecule has 6 nitrogen and oxygen atoms in total. The van der Waals surface area contributed by atoms with Gasteiger partial charge in [-0.3, -0.25) is 0 Å². The zero-order valence-corrected chi connectivity index (χ0v) is 23.4. The van der Waals surface area contributed by atoms with E-state index in [9.17, 15) is 9.59 Å². The predicted molar refractivity (Wildman–Crippen MR) is 158 cm³/mol. The smallest absolute Gasteiger partial charge is 0.340 e. The Morgan fingerprint density at radius 2 is 0.705 bits per heavy atom. The fourth-order valence-corrected chi connectivity index (χ4v) is 4.80. The molecule has 0 aliphatic heterocycles. The van der Waals surface area contributed by atoms with E-state index < -0.39 is 35.2 Å². The Morgan fingerprint density at radius 3 is 0.932 bits per heavy atom. The van der Waals surface area contributed by atoms with Gasteiger partial charge in [-0.05, 0) is 60.7 Å². The van der Waals surface area contributed by atoms with Crippen molar-refractivity contribution in [3.63, 3.8) is 0 Å². The van der Waals surface area contributed by atoms with Crippen LogP contribution in [0.25, 0.3) is 0 Å². The molecule has 0 N–H and O–H groups in total. The first-order chi connectivity index (χ1) is 21.3. The molecule has 44 heavy (non-hydrogen) atoms. The monoisotopic (exact) mass is 600 g/mol. The number of esters is 2. The van der Waals surface area contributed by atoms with Gasteiger partial charge in [0, 0.05) is 0 Å². The Bertz CT molecular complexity index is 1640. The van der Waals surface area contributed by atoms with Crippen LogP contribution in [-0.2, 0) is 9.47 Å². The molecule has 0 aliphatic rings. The molecular weight excluding hydrogens is 576 g/mol. The van der Waals surface area contributed by atoms with E-state index in [1.807, 2.05) is 0 Å². The second-order valence-electron chi connectivity index (χ2n) is 9.35. The third-order valence-corrected chi connectivity index (χ3v) is 6.78. The quantitative estimate of drug-likeness (QED) is 0.131. The largest absolute Gasteiger partial charge is 0.465 e. The summed E-state index contributed by atoms with van der Waals surface area (Å²) >= 11 is 0. The van der Waals surface area contributed by atoms with Gasteiger partial charge in [-0.25, -0.2) is 27.2 Å². The van der Waals surface area contributed by atoms with Gasteiger partial charge in [0.25, 0.3) is 0 Å². The molecule has 0 unspecified atom stereocenters. The second kappa shape index (κ2) is 12.7. The molecule has 0 aromatic heterocycles. The maximum Gasteiger partial charge on any atom is 0.340 e. The molecule has 5 aromatic carbocycles. The SMILES string of the molecule is COC(=O)c1cc(N(c2ccccc2F)c2ccccc2F)c(C(=O)OC)cc1N(c1ccccc1F)c1ccccc1F. The molecule has 0 saturated heterocycles. The van der Waals surface area contributed by atoms with Crippen LogP contribution in [0.5, 0.6) is 0 Å². The second-order valence-corrected chi connectivity index (χ2v) is 9.35. The predicted octanol–water partition coefficient (Wildman–Crippen LogP) is 8.76. The van der Waals surface area contributed by atoms with Gasteiger partial charge in [-0.2, -0.15) is 0 Å². The van der Waals surface area contributed by atoms with Gasteiger partial charge in [0.1, 0.15) is 23.3 Å². The molecule has 5 aromatic rings. The number of methoxy groups -OCH3 is 2. The number of ether oxygens (including phenoxy) is 2. The van der Waals surface area contributed by atoms with Gasteiger partial charge in [0.15, 0.2) is 0 Å². The summed E-state index contributed by atoms with van der Waals surface area (Å²) in [5, 5.41) is 0. The number of anilines is 6. The fourth-order valence-electron chi connectivity index (χ4n) is 4.80. The van der Waals surface area contributed by atoms with E-state index in [2.05, 4.69) is 0 Å². The average molecular weight is 601 g/mol. The van der Waals surface area contributed by atoms with E-state index in [0.29, 0.717) is 0 Å². The summed E-state index contributed by atoms with van der Waals surface area (Å²) in [7, 11) is 2.20. The molecule has 222 valence electrons. The molecule has 0 heterocycles. The molecule has 0 saturated carbocycles. The molecular formula is C34H24F4N2O4. The Labute approximate surface area is 250 Å². The number of para-hydroxylation sites is 4.